The zero-order valence-corrected chi connectivity index (χ0v) is 14.9. The zero-order chi connectivity index (χ0) is 18.5. The van der Waals surface area contributed by atoms with Gasteiger partial charge in [0.15, 0.2) is 5.82 Å². The number of hydrogen-bond acceptors (Lipinski definition) is 5. The van der Waals surface area contributed by atoms with Crippen molar-refractivity contribution >= 4 is 27.5 Å². The van der Waals surface area contributed by atoms with Crippen molar-refractivity contribution in [1.82, 2.24) is 20.5 Å². The predicted octanol–water partition coefficient (Wildman–Crippen LogP) is 3.06. The molecule has 27 heavy (non-hydrogen) atoms. The fraction of sp³-hybridized carbons (Fsp3) is 0.190. The molecule has 136 valence electrons. The van der Waals surface area contributed by atoms with Crippen molar-refractivity contribution in [1.29, 1.82) is 0 Å². The highest BCUT2D eigenvalue weighted by Gasteiger charge is 2.05. The minimum atomic E-state index is -0.164. The standard InChI is InChI=1S/C21H21N5O/c27-21-18-8-2-1-7-17(18)20(25-26-21)24-12-5-11-22-14-15-10-13-23-19-9-4-3-6-16(15)19/h1-4,6-10,13,22H,5,11-12,14H2,(H,24,25)(H,26,27). The summed E-state index contributed by atoms with van der Waals surface area (Å²) in [6.45, 7) is 2.46. The Morgan fingerprint density at radius 3 is 2.56 bits per heavy atom. The lowest BCUT2D eigenvalue weighted by atomic mass is 10.1. The van der Waals surface area contributed by atoms with Crippen molar-refractivity contribution < 1.29 is 0 Å². The molecule has 4 rings (SSSR count). The molecule has 0 atom stereocenters. The number of hydrogen-bond donors (Lipinski definition) is 3. The zero-order valence-electron chi connectivity index (χ0n) is 14.9. The Morgan fingerprint density at radius 2 is 1.67 bits per heavy atom. The van der Waals surface area contributed by atoms with Gasteiger partial charge in [0.05, 0.1) is 10.9 Å². The van der Waals surface area contributed by atoms with Gasteiger partial charge in [-0.25, -0.2) is 5.10 Å². The Bertz CT molecular complexity index is 1120. The molecular formula is C21H21N5O. The van der Waals surface area contributed by atoms with E-state index in [1.807, 2.05) is 48.7 Å². The van der Waals surface area contributed by atoms with E-state index < -0.39 is 0 Å². The van der Waals surface area contributed by atoms with Crippen LogP contribution in [-0.4, -0.2) is 28.3 Å². The van der Waals surface area contributed by atoms with E-state index in [0.717, 1.165) is 37.0 Å². The number of nitrogens with one attached hydrogen (secondary N) is 3. The third kappa shape index (κ3) is 3.80. The fourth-order valence-electron chi connectivity index (χ4n) is 3.20. The van der Waals surface area contributed by atoms with E-state index in [4.69, 9.17) is 0 Å². The smallest absolute Gasteiger partial charge is 0.272 e. The summed E-state index contributed by atoms with van der Waals surface area (Å²) in [4.78, 5) is 16.2. The van der Waals surface area contributed by atoms with Crippen LogP contribution in [0.3, 0.4) is 0 Å². The third-order valence-corrected chi connectivity index (χ3v) is 4.57. The van der Waals surface area contributed by atoms with E-state index in [-0.39, 0.29) is 5.56 Å². The number of para-hydroxylation sites is 1. The molecule has 0 aliphatic rings. The summed E-state index contributed by atoms with van der Waals surface area (Å²) < 4.78 is 0. The second-order valence-electron chi connectivity index (χ2n) is 6.39. The van der Waals surface area contributed by atoms with E-state index in [1.165, 1.54) is 10.9 Å². The Kier molecular flexibility index (Phi) is 5.07. The summed E-state index contributed by atoms with van der Waals surface area (Å²) >= 11 is 0. The molecule has 0 spiro atoms. The second kappa shape index (κ2) is 7.97. The lowest BCUT2D eigenvalue weighted by molar-refractivity contribution is 0.664. The molecule has 6 nitrogen and oxygen atoms in total. The van der Waals surface area contributed by atoms with Crippen molar-refractivity contribution in [2.45, 2.75) is 13.0 Å². The molecule has 0 radical (unpaired) electrons. The number of pyridine rings is 1. The Hall–Kier alpha value is -3.25. The van der Waals surface area contributed by atoms with Crippen LogP contribution in [0.15, 0.2) is 65.6 Å². The molecule has 0 fully saturated rings. The number of anilines is 1. The molecule has 0 saturated carbocycles. The topological polar surface area (TPSA) is 82.7 Å². The minimum Gasteiger partial charge on any atom is -0.368 e. The van der Waals surface area contributed by atoms with Gasteiger partial charge in [0.25, 0.3) is 5.56 Å². The monoisotopic (exact) mass is 359 g/mol. The van der Waals surface area contributed by atoms with E-state index >= 15 is 0 Å². The van der Waals surface area contributed by atoms with Crippen LogP contribution in [-0.2, 0) is 6.54 Å². The molecule has 0 amide bonds. The number of nitrogens with zero attached hydrogens (tertiary/aromatic N) is 2. The maximum absolute atomic E-state index is 11.8. The summed E-state index contributed by atoms with van der Waals surface area (Å²) in [5.41, 5.74) is 2.11. The summed E-state index contributed by atoms with van der Waals surface area (Å²) in [5, 5.41) is 16.2. The quantitative estimate of drug-likeness (QED) is 0.442. The lowest BCUT2D eigenvalue weighted by Gasteiger charge is -2.10. The number of benzene rings is 2. The van der Waals surface area contributed by atoms with Crippen LogP contribution < -0.4 is 16.2 Å². The molecule has 2 aromatic heterocycles. The average molecular weight is 359 g/mol. The van der Waals surface area contributed by atoms with Gasteiger partial charge in [0.2, 0.25) is 0 Å². The summed E-state index contributed by atoms with van der Waals surface area (Å²) in [7, 11) is 0. The van der Waals surface area contributed by atoms with Gasteiger partial charge in [-0.05, 0) is 36.7 Å². The Balaban J connectivity index is 1.30. The molecule has 4 aromatic rings. The third-order valence-electron chi connectivity index (χ3n) is 4.57. The SMILES string of the molecule is O=c1[nH]nc(NCCCNCc2ccnc3ccccc23)c2ccccc12. The Labute approximate surface area is 156 Å². The first-order valence-electron chi connectivity index (χ1n) is 9.07. The number of fused-ring (bicyclic) bond motifs is 2. The second-order valence-corrected chi connectivity index (χ2v) is 6.39. The van der Waals surface area contributed by atoms with E-state index in [1.54, 1.807) is 0 Å². The molecule has 3 N–H and O–H groups in total. The fourth-order valence-corrected chi connectivity index (χ4v) is 3.20. The number of rotatable bonds is 7. The van der Waals surface area contributed by atoms with Crippen LogP contribution in [0.1, 0.15) is 12.0 Å². The van der Waals surface area contributed by atoms with Crippen LogP contribution in [0.25, 0.3) is 21.7 Å². The van der Waals surface area contributed by atoms with Gasteiger partial charge in [-0.1, -0.05) is 36.4 Å². The molecule has 6 heteroatoms. The van der Waals surface area contributed by atoms with Crippen molar-refractivity contribution in [2.24, 2.45) is 0 Å². The molecule has 0 unspecified atom stereocenters. The van der Waals surface area contributed by atoms with Gasteiger partial charge >= 0.3 is 0 Å². The van der Waals surface area contributed by atoms with Gasteiger partial charge in [-0.3, -0.25) is 9.78 Å². The van der Waals surface area contributed by atoms with Gasteiger partial charge < -0.3 is 10.6 Å². The number of aromatic amines is 1. The first-order valence-corrected chi connectivity index (χ1v) is 9.07. The minimum absolute atomic E-state index is 0.164. The summed E-state index contributed by atoms with van der Waals surface area (Å²) in [6.07, 6.45) is 2.80. The maximum Gasteiger partial charge on any atom is 0.272 e. The first kappa shape index (κ1) is 17.2. The average Bonchev–Trinajstić information content (AvgIpc) is 2.72. The maximum atomic E-state index is 11.8. The Morgan fingerprint density at radius 1 is 0.889 bits per heavy atom. The molecule has 2 heterocycles. The van der Waals surface area contributed by atoms with Gasteiger partial charge in [-0.15, -0.1) is 0 Å². The molecular weight excluding hydrogens is 338 g/mol. The van der Waals surface area contributed by atoms with Gasteiger partial charge in [0, 0.05) is 30.1 Å². The highest BCUT2D eigenvalue weighted by molar-refractivity contribution is 5.90. The van der Waals surface area contributed by atoms with Crippen molar-refractivity contribution in [3.8, 4) is 0 Å². The van der Waals surface area contributed by atoms with Crippen LogP contribution in [0, 0.1) is 0 Å². The lowest BCUT2D eigenvalue weighted by Crippen LogP contribution is -2.19. The largest absolute Gasteiger partial charge is 0.368 e. The van der Waals surface area contributed by atoms with E-state index in [2.05, 4.69) is 37.9 Å². The number of H-pyrrole nitrogens is 1. The molecule has 0 aliphatic heterocycles. The normalized spacial score (nSPS) is 11.1. The van der Waals surface area contributed by atoms with Crippen LogP contribution in [0.5, 0.6) is 0 Å². The van der Waals surface area contributed by atoms with Crippen molar-refractivity contribution in [3.05, 3.63) is 76.7 Å². The first-order chi connectivity index (χ1) is 13.3. The van der Waals surface area contributed by atoms with Gasteiger partial charge in [-0.2, -0.15) is 5.10 Å². The van der Waals surface area contributed by atoms with E-state index in [9.17, 15) is 4.79 Å². The van der Waals surface area contributed by atoms with Crippen molar-refractivity contribution in [2.75, 3.05) is 18.4 Å². The molecule has 0 bridgehead atoms. The molecule has 0 saturated heterocycles. The molecule has 2 aromatic carbocycles. The van der Waals surface area contributed by atoms with Crippen LogP contribution in [0.2, 0.25) is 0 Å². The van der Waals surface area contributed by atoms with Crippen LogP contribution >= 0.6 is 0 Å². The predicted molar refractivity (Wildman–Crippen MR) is 109 cm³/mol. The van der Waals surface area contributed by atoms with Crippen LogP contribution in [0.4, 0.5) is 5.82 Å². The highest BCUT2D eigenvalue weighted by atomic mass is 16.1. The van der Waals surface area contributed by atoms with E-state index in [0.29, 0.717) is 11.2 Å². The molecule has 0 aliphatic carbocycles. The number of aromatic nitrogens is 3. The highest BCUT2D eigenvalue weighted by Crippen LogP contribution is 2.17. The van der Waals surface area contributed by atoms with Gasteiger partial charge in [0.1, 0.15) is 0 Å². The summed E-state index contributed by atoms with van der Waals surface area (Å²) in [6, 6.07) is 17.7. The summed E-state index contributed by atoms with van der Waals surface area (Å²) in [5.74, 6) is 0.713. The van der Waals surface area contributed by atoms with Crippen molar-refractivity contribution in [3.63, 3.8) is 0 Å².